The van der Waals surface area contributed by atoms with E-state index in [0.29, 0.717) is 12.5 Å². The summed E-state index contributed by atoms with van der Waals surface area (Å²) in [4.78, 5) is 28.9. The van der Waals surface area contributed by atoms with E-state index in [0.717, 1.165) is 56.8 Å². The van der Waals surface area contributed by atoms with Gasteiger partial charge in [0.1, 0.15) is 0 Å². The lowest BCUT2D eigenvalue weighted by Gasteiger charge is -2.46. The van der Waals surface area contributed by atoms with Crippen molar-refractivity contribution in [1.29, 1.82) is 0 Å². The minimum Gasteiger partial charge on any atom is -0.490 e. The second-order valence-corrected chi connectivity index (χ2v) is 10.1. The van der Waals surface area contributed by atoms with Crippen LogP contribution < -0.4 is 9.64 Å². The van der Waals surface area contributed by atoms with Crippen molar-refractivity contribution in [2.45, 2.75) is 46.6 Å². The van der Waals surface area contributed by atoms with Crippen LogP contribution in [0.1, 0.15) is 39.2 Å². The number of piperazine rings is 1. The number of methoxy groups -OCH3 is 1. The van der Waals surface area contributed by atoms with Gasteiger partial charge < -0.3 is 19.6 Å². The van der Waals surface area contributed by atoms with E-state index < -0.39 is 11.0 Å². The van der Waals surface area contributed by atoms with E-state index in [-0.39, 0.29) is 22.9 Å². The highest BCUT2D eigenvalue weighted by atomic mass is 16.6. The van der Waals surface area contributed by atoms with Gasteiger partial charge in [-0.15, -0.1) is 0 Å². The third kappa shape index (κ3) is 5.26. The minimum atomic E-state index is -0.814. The van der Waals surface area contributed by atoms with Crippen LogP contribution in [0.25, 0.3) is 0 Å². The molecule has 1 aromatic rings. The number of hydrogen-bond acceptors (Lipinski definition) is 6. The molecule has 9 heteroatoms. The molecule has 3 rings (SSSR count). The topological polar surface area (TPSA) is 99.4 Å². The van der Waals surface area contributed by atoms with Crippen LogP contribution in [-0.2, 0) is 0 Å². The molecule has 2 unspecified atom stereocenters. The average molecular weight is 449 g/mol. The summed E-state index contributed by atoms with van der Waals surface area (Å²) in [5, 5.41) is 20.9. The zero-order valence-electron chi connectivity index (χ0n) is 19.8. The van der Waals surface area contributed by atoms with Gasteiger partial charge in [0.05, 0.1) is 12.0 Å². The number of anilines is 1. The largest absolute Gasteiger partial charge is 0.490 e. The summed E-state index contributed by atoms with van der Waals surface area (Å²) in [5.41, 5.74) is 1.77. The van der Waals surface area contributed by atoms with E-state index in [1.54, 1.807) is 17.0 Å². The van der Waals surface area contributed by atoms with E-state index in [2.05, 4.69) is 30.6 Å². The molecule has 0 radical (unpaired) electrons. The van der Waals surface area contributed by atoms with Crippen molar-refractivity contribution in [3.8, 4) is 5.75 Å². The Hall–Kier alpha value is -2.55. The fourth-order valence-corrected chi connectivity index (χ4v) is 5.10. The molecule has 2 aliphatic rings. The third-order valence-electron chi connectivity index (χ3n) is 6.88. The van der Waals surface area contributed by atoms with Gasteiger partial charge in [-0.1, -0.05) is 20.8 Å². The van der Waals surface area contributed by atoms with Gasteiger partial charge in [-0.25, -0.2) is 4.79 Å². The Morgan fingerprint density at radius 2 is 1.88 bits per heavy atom. The molecule has 2 fully saturated rings. The minimum absolute atomic E-state index is 0.00603. The van der Waals surface area contributed by atoms with Crippen molar-refractivity contribution in [2.24, 2.45) is 11.3 Å². The van der Waals surface area contributed by atoms with E-state index in [1.165, 1.54) is 7.11 Å². The summed E-state index contributed by atoms with van der Waals surface area (Å²) in [6.07, 6.45) is 0.984. The Balaban J connectivity index is 1.61. The van der Waals surface area contributed by atoms with Gasteiger partial charge in [0, 0.05) is 63.1 Å². The number of nitro groups is 1. The van der Waals surface area contributed by atoms with Gasteiger partial charge in [-0.3, -0.25) is 15.0 Å². The number of nitro benzene ring substituents is 1. The highest BCUT2D eigenvalue weighted by molar-refractivity contribution is 5.66. The first-order valence-corrected chi connectivity index (χ1v) is 11.3. The predicted molar refractivity (Wildman–Crippen MR) is 124 cm³/mol. The number of piperidine rings is 1. The van der Waals surface area contributed by atoms with Crippen LogP contribution in [-0.4, -0.2) is 78.3 Å². The smallest absolute Gasteiger partial charge is 0.407 e. The van der Waals surface area contributed by atoms with Crippen LogP contribution in [0.3, 0.4) is 0 Å². The molecule has 2 saturated heterocycles. The lowest BCUT2D eigenvalue weighted by Crippen LogP contribution is -2.54. The van der Waals surface area contributed by atoms with Crippen LogP contribution in [0.4, 0.5) is 16.2 Å². The molecule has 2 heterocycles. The van der Waals surface area contributed by atoms with Crippen molar-refractivity contribution in [2.75, 3.05) is 51.3 Å². The molecule has 9 nitrogen and oxygen atoms in total. The summed E-state index contributed by atoms with van der Waals surface area (Å²) in [7, 11) is 1.46. The lowest BCUT2D eigenvalue weighted by molar-refractivity contribution is -0.385. The number of hydrogen-bond donors (Lipinski definition) is 1. The van der Waals surface area contributed by atoms with Gasteiger partial charge in [0.15, 0.2) is 5.75 Å². The molecule has 0 aromatic heterocycles. The summed E-state index contributed by atoms with van der Waals surface area (Å²) < 4.78 is 5.25. The van der Waals surface area contributed by atoms with Gasteiger partial charge in [0.25, 0.3) is 0 Å². The maximum atomic E-state index is 11.7. The first-order chi connectivity index (χ1) is 15.0. The number of amides is 1. The Kier molecular flexibility index (Phi) is 7.17. The molecule has 32 heavy (non-hydrogen) atoms. The molecular weight excluding hydrogens is 412 g/mol. The number of carbonyl (C=O) groups is 1. The fraction of sp³-hybridized carbons (Fsp3) is 0.696. The van der Waals surface area contributed by atoms with Crippen LogP contribution in [0.2, 0.25) is 0 Å². The number of carboxylic acid groups (broad SMARTS) is 1. The van der Waals surface area contributed by atoms with Crippen LogP contribution >= 0.6 is 0 Å². The number of aryl methyl sites for hydroxylation is 1. The molecule has 1 N–H and O–H groups in total. The second-order valence-electron chi connectivity index (χ2n) is 10.1. The summed E-state index contributed by atoms with van der Waals surface area (Å²) >= 11 is 0. The third-order valence-corrected chi connectivity index (χ3v) is 6.88. The first-order valence-electron chi connectivity index (χ1n) is 11.3. The molecule has 2 aliphatic heterocycles. The highest BCUT2D eigenvalue weighted by Crippen LogP contribution is 2.36. The normalized spacial score (nSPS) is 22.7. The fourth-order valence-electron chi connectivity index (χ4n) is 5.10. The van der Waals surface area contributed by atoms with E-state index in [4.69, 9.17) is 4.74 Å². The number of rotatable bonds is 5. The quantitative estimate of drug-likeness (QED) is 0.540. The Morgan fingerprint density at radius 1 is 1.22 bits per heavy atom. The van der Waals surface area contributed by atoms with Crippen molar-refractivity contribution >= 4 is 17.5 Å². The molecular formula is C23H36N4O5. The zero-order valence-corrected chi connectivity index (χ0v) is 19.8. The summed E-state index contributed by atoms with van der Waals surface area (Å²) in [5.74, 6) is 0.777. The van der Waals surface area contributed by atoms with E-state index in [1.807, 2.05) is 6.92 Å². The maximum absolute atomic E-state index is 11.7. The summed E-state index contributed by atoms with van der Waals surface area (Å²) in [6, 6.07) is 3.40. The molecule has 2 atom stereocenters. The standard InChI is InChI=1S/C23H36N4O5/c1-16-12-19(27(30)31)20(32-5)14-18(16)25-10-8-24(9-11-25)15-17-6-7-26(22(28)29)21(13-17)23(2,3)4/h12,14,17,21H,6-11,13,15H2,1-5H3,(H,28,29). The molecule has 178 valence electrons. The molecule has 1 amide bonds. The average Bonchev–Trinajstić information content (AvgIpc) is 2.73. The number of benzene rings is 1. The predicted octanol–water partition coefficient (Wildman–Crippen LogP) is 3.84. The SMILES string of the molecule is COc1cc(N2CCN(CC3CCN(C(=O)O)C(C(C)(C)C)C3)CC2)c(C)cc1[N+](=O)[O-]. The summed E-state index contributed by atoms with van der Waals surface area (Å²) in [6.45, 7) is 13.4. The Labute approximate surface area is 190 Å². The van der Waals surface area contributed by atoms with E-state index >= 15 is 0 Å². The maximum Gasteiger partial charge on any atom is 0.407 e. The molecule has 0 spiro atoms. The molecule has 0 saturated carbocycles. The van der Waals surface area contributed by atoms with Crippen LogP contribution in [0.5, 0.6) is 5.75 Å². The Morgan fingerprint density at radius 3 is 2.41 bits per heavy atom. The van der Waals surface area contributed by atoms with Crippen LogP contribution in [0.15, 0.2) is 12.1 Å². The van der Waals surface area contributed by atoms with Crippen molar-refractivity contribution in [3.05, 3.63) is 27.8 Å². The monoisotopic (exact) mass is 448 g/mol. The Bertz CT molecular complexity index is 846. The van der Waals surface area contributed by atoms with Gasteiger partial charge in [-0.2, -0.15) is 0 Å². The van der Waals surface area contributed by atoms with Gasteiger partial charge in [0.2, 0.25) is 0 Å². The lowest BCUT2D eigenvalue weighted by atomic mass is 9.77. The van der Waals surface area contributed by atoms with Crippen molar-refractivity contribution < 1.29 is 19.6 Å². The van der Waals surface area contributed by atoms with Crippen LogP contribution in [0, 0.1) is 28.4 Å². The second kappa shape index (κ2) is 9.52. The number of likely N-dealkylation sites (tertiary alicyclic amines) is 1. The highest BCUT2D eigenvalue weighted by Gasteiger charge is 2.39. The molecule has 0 bridgehead atoms. The van der Waals surface area contributed by atoms with E-state index in [9.17, 15) is 20.0 Å². The zero-order chi connectivity index (χ0) is 23.6. The van der Waals surface area contributed by atoms with Crippen molar-refractivity contribution in [1.82, 2.24) is 9.80 Å². The molecule has 0 aliphatic carbocycles. The number of nitrogens with zero attached hydrogens (tertiary/aromatic N) is 4. The number of ether oxygens (including phenoxy) is 1. The van der Waals surface area contributed by atoms with Crippen molar-refractivity contribution in [3.63, 3.8) is 0 Å². The van der Waals surface area contributed by atoms with Gasteiger partial charge >= 0.3 is 11.8 Å². The molecule has 1 aromatic carbocycles. The first kappa shape index (κ1) is 24.1. The van der Waals surface area contributed by atoms with Gasteiger partial charge in [-0.05, 0) is 36.7 Å².